The van der Waals surface area contributed by atoms with Crippen molar-refractivity contribution in [1.82, 2.24) is 9.97 Å². The van der Waals surface area contributed by atoms with Gasteiger partial charge < -0.3 is 10.1 Å². The highest BCUT2D eigenvalue weighted by Crippen LogP contribution is 2.29. The van der Waals surface area contributed by atoms with Gasteiger partial charge in [0.15, 0.2) is 5.16 Å². The third-order valence-electron chi connectivity index (χ3n) is 2.66. The normalized spacial score (nSPS) is 10.6. The molecule has 0 amide bonds. The number of H-pyrrole nitrogens is 1. The number of rotatable bonds is 5. The van der Waals surface area contributed by atoms with Crippen molar-refractivity contribution in [3.8, 4) is 0 Å². The van der Waals surface area contributed by atoms with E-state index in [1.165, 1.54) is 12.1 Å². The summed E-state index contributed by atoms with van der Waals surface area (Å²) in [4.78, 5) is 30.4. The number of benzene rings is 1. The molecule has 1 heterocycles. The highest BCUT2D eigenvalue weighted by molar-refractivity contribution is 9.10. The second-order valence-electron chi connectivity index (χ2n) is 4.34. The molecule has 0 saturated heterocycles. The maximum Gasteiger partial charge on any atom is 0.336 e. The molecule has 5 nitrogen and oxygen atoms in total. The van der Waals surface area contributed by atoms with Gasteiger partial charge in [0.2, 0.25) is 0 Å². The van der Waals surface area contributed by atoms with E-state index in [4.69, 9.17) is 0 Å². The van der Waals surface area contributed by atoms with Crippen molar-refractivity contribution < 1.29 is 9.90 Å². The summed E-state index contributed by atoms with van der Waals surface area (Å²) in [5.74, 6) is -1.02. The Labute approximate surface area is 133 Å². The summed E-state index contributed by atoms with van der Waals surface area (Å²) >= 11 is 4.38. The number of aryl methyl sites for hydroxylation is 1. The lowest BCUT2D eigenvalue weighted by molar-refractivity contribution is 0.0693. The summed E-state index contributed by atoms with van der Waals surface area (Å²) in [5, 5.41) is 9.63. The van der Waals surface area contributed by atoms with E-state index in [0.29, 0.717) is 26.6 Å². The zero-order valence-corrected chi connectivity index (χ0v) is 13.6. The first-order chi connectivity index (χ1) is 9.99. The number of aromatic nitrogens is 2. The summed E-state index contributed by atoms with van der Waals surface area (Å²) < 4.78 is 0.686. The third kappa shape index (κ3) is 4.18. The number of carboxylic acids is 1. The Hall–Kier alpha value is -1.60. The molecule has 0 saturated carbocycles. The van der Waals surface area contributed by atoms with Gasteiger partial charge in [-0.05, 0) is 24.6 Å². The second kappa shape index (κ2) is 6.91. The van der Waals surface area contributed by atoms with E-state index in [-0.39, 0.29) is 11.1 Å². The van der Waals surface area contributed by atoms with Gasteiger partial charge >= 0.3 is 5.97 Å². The highest BCUT2D eigenvalue weighted by Gasteiger charge is 2.13. The van der Waals surface area contributed by atoms with Gasteiger partial charge in [0, 0.05) is 21.1 Å². The van der Waals surface area contributed by atoms with E-state index in [1.807, 2.05) is 6.92 Å². The quantitative estimate of drug-likeness (QED) is 0.790. The minimum Gasteiger partial charge on any atom is -0.478 e. The molecule has 0 aliphatic carbocycles. The lowest BCUT2D eigenvalue weighted by Gasteiger charge is -2.07. The SMILES string of the molecule is CCCc1cc(=O)[nH]c(Sc2ccc(Br)cc2C(=O)O)n1. The molecule has 110 valence electrons. The first kappa shape index (κ1) is 15.8. The highest BCUT2D eigenvalue weighted by atomic mass is 79.9. The molecule has 0 aliphatic rings. The molecule has 0 atom stereocenters. The van der Waals surface area contributed by atoms with Crippen molar-refractivity contribution in [2.45, 2.75) is 29.8 Å². The van der Waals surface area contributed by atoms with Crippen molar-refractivity contribution in [3.63, 3.8) is 0 Å². The van der Waals surface area contributed by atoms with Crippen LogP contribution in [0.1, 0.15) is 29.4 Å². The largest absolute Gasteiger partial charge is 0.478 e. The number of carbonyl (C=O) groups is 1. The molecular formula is C14H13BrN2O3S. The van der Waals surface area contributed by atoms with E-state index >= 15 is 0 Å². The maximum absolute atomic E-state index is 11.6. The summed E-state index contributed by atoms with van der Waals surface area (Å²) in [6.45, 7) is 2.01. The average Bonchev–Trinajstić information content (AvgIpc) is 2.40. The number of nitrogens with one attached hydrogen (secondary N) is 1. The van der Waals surface area contributed by atoms with Crippen molar-refractivity contribution in [2.24, 2.45) is 0 Å². The number of carboxylic acid groups (broad SMARTS) is 1. The topological polar surface area (TPSA) is 83.0 Å². The van der Waals surface area contributed by atoms with E-state index in [2.05, 4.69) is 25.9 Å². The molecule has 0 fully saturated rings. The predicted molar refractivity (Wildman–Crippen MR) is 84.1 cm³/mol. The Balaban J connectivity index is 2.38. The molecule has 0 aliphatic heterocycles. The minimum atomic E-state index is -1.02. The zero-order valence-electron chi connectivity index (χ0n) is 11.2. The third-order valence-corrected chi connectivity index (χ3v) is 4.11. The molecule has 2 N–H and O–H groups in total. The van der Waals surface area contributed by atoms with Gasteiger partial charge in [-0.15, -0.1) is 0 Å². The molecule has 2 aromatic rings. The van der Waals surface area contributed by atoms with Crippen LogP contribution in [0.4, 0.5) is 0 Å². The number of aromatic carboxylic acids is 1. The fraction of sp³-hybridized carbons (Fsp3) is 0.214. The summed E-state index contributed by atoms with van der Waals surface area (Å²) in [7, 11) is 0. The maximum atomic E-state index is 11.6. The number of halogens is 1. The predicted octanol–water partition coefficient (Wildman–Crippen LogP) is 3.33. The lowest BCUT2D eigenvalue weighted by atomic mass is 10.2. The second-order valence-corrected chi connectivity index (χ2v) is 6.29. The fourth-order valence-corrected chi connectivity index (χ4v) is 3.05. The molecule has 0 spiro atoms. The number of hydrogen-bond donors (Lipinski definition) is 2. The Morgan fingerprint density at radius 1 is 1.43 bits per heavy atom. The standard InChI is InChI=1S/C14H13BrN2O3S/c1-2-3-9-7-12(18)17-14(16-9)21-11-5-4-8(15)6-10(11)13(19)20/h4-7H,2-3H2,1H3,(H,19,20)(H,16,17,18). The van der Waals surface area contributed by atoms with Gasteiger partial charge in [-0.2, -0.15) is 0 Å². The van der Waals surface area contributed by atoms with Crippen molar-refractivity contribution in [2.75, 3.05) is 0 Å². The van der Waals surface area contributed by atoms with Crippen molar-refractivity contribution in [1.29, 1.82) is 0 Å². The Morgan fingerprint density at radius 2 is 2.19 bits per heavy atom. The first-order valence-corrected chi connectivity index (χ1v) is 7.91. The Kier molecular flexibility index (Phi) is 5.19. The molecule has 0 bridgehead atoms. The van der Waals surface area contributed by atoms with E-state index < -0.39 is 5.97 Å². The van der Waals surface area contributed by atoms with Gasteiger partial charge in [0.25, 0.3) is 5.56 Å². The molecule has 1 aromatic carbocycles. The minimum absolute atomic E-state index is 0.165. The van der Waals surface area contributed by atoms with Gasteiger partial charge in [-0.3, -0.25) is 4.79 Å². The van der Waals surface area contributed by atoms with Crippen LogP contribution in [-0.4, -0.2) is 21.0 Å². The van der Waals surface area contributed by atoms with E-state index in [1.54, 1.807) is 12.1 Å². The molecule has 0 radical (unpaired) electrons. The number of hydrogen-bond acceptors (Lipinski definition) is 4. The lowest BCUT2D eigenvalue weighted by Crippen LogP contribution is -2.10. The Morgan fingerprint density at radius 3 is 2.86 bits per heavy atom. The van der Waals surface area contributed by atoms with Gasteiger partial charge in [0.1, 0.15) is 0 Å². The first-order valence-electron chi connectivity index (χ1n) is 6.30. The van der Waals surface area contributed by atoms with E-state index in [9.17, 15) is 14.7 Å². The van der Waals surface area contributed by atoms with Crippen molar-refractivity contribution in [3.05, 3.63) is 50.3 Å². The zero-order chi connectivity index (χ0) is 15.4. The van der Waals surface area contributed by atoms with Crippen LogP contribution in [0.15, 0.2) is 43.6 Å². The molecular weight excluding hydrogens is 356 g/mol. The number of aromatic amines is 1. The summed E-state index contributed by atoms with van der Waals surface area (Å²) in [6, 6.07) is 6.43. The van der Waals surface area contributed by atoms with Crippen LogP contribution in [0.2, 0.25) is 0 Å². The van der Waals surface area contributed by atoms with Crippen molar-refractivity contribution >= 4 is 33.7 Å². The summed E-state index contributed by atoms with van der Waals surface area (Å²) in [5.41, 5.74) is 0.639. The average molecular weight is 369 g/mol. The van der Waals surface area contributed by atoms with Crippen LogP contribution in [0.3, 0.4) is 0 Å². The molecule has 7 heteroatoms. The van der Waals surface area contributed by atoms with Crippen LogP contribution < -0.4 is 5.56 Å². The van der Waals surface area contributed by atoms with Gasteiger partial charge in [-0.1, -0.05) is 41.0 Å². The van der Waals surface area contributed by atoms with Crippen LogP contribution in [0, 0.1) is 0 Å². The Bertz CT molecular complexity index is 730. The van der Waals surface area contributed by atoms with Gasteiger partial charge in [0.05, 0.1) is 5.56 Å². The molecule has 0 unspecified atom stereocenters. The molecule has 21 heavy (non-hydrogen) atoms. The smallest absolute Gasteiger partial charge is 0.336 e. The molecule has 1 aromatic heterocycles. The van der Waals surface area contributed by atoms with Crippen LogP contribution in [-0.2, 0) is 6.42 Å². The summed E-state index contributed by atoms with van der Waals surface area (Å²) in [6.07, 6.45) is 1.60. The van der Waals surface area contributed by atoms with Crippen LogP contribution in [0.5, 0.6) is 0 Å². The van der Waals surface area contributed by atoms with Crippen LogP contribution >= 0.6 is 27.7 Å². The fourth-order valence-electron chi connectivity index (χ4n) is 1.78. The van der Waals surface area contributed by atoms with Gasteiger partial charge in [-0.25, -0.2) is 9.78 Å². The van der Waals surface area contributed by atoms with E-state index in [0.717, 1.165) is 18.2 Å². The van der Waals surface area contributed by atoms with Crippen LogP contribution in [0.25, 0.3) is 0 Å². The number of nitrogens with zero attached hydrogens (tertiary/aromatic N) is 1. The monoisotopic (exact) mass is 368 g/mol. The molecule has 2 rings (SSSR count).